The number of nitrogens with zero attached hydrogens (tertiary/aromatic N) is 5. The molecule has 0 bridgehead atoms. The molecule has 6 nitrogen and oxygen atoms in total. The second-order valence-corrected chi connectivity index (χ2v) is 8.91. The van der Waals surface area contributed by atoms with Gasteiger partial charge >= 0.3 is 0 Å². The molecule has 0 radical (unpaired) electrons. The van der Waals surface area contributed by atoms with E-state index in [0.717, 1.165) is 51.7 Å². The van der Waals surface area contributed by atoms with Crippen LogP contribution in [0.3, 0.4) is 0 Å². The van der Waals surface area contributed by atoms with Crippen molar-refractivity contribution in [1.82, 2.24) is 29.8 Å². The zero-order valence-electron chi connectivity index (χ0n) is 19.9. The summed E-state index contributed by atoms with van der Waals surface area (Å²) in [5.41, 5.74) is 10.2. The number of nitrogens with one attached hydrogen (secondary N) is 1. The van der Waals surface area contributed by atoms with Crippen molar-refractivity contribution in [2.24, 2.45) is 0 Å². The van der Waals surface area contributed by atoms with Gasteiger partial charge in [0.2, 0.25) is 0 Å². The molecule has 0 saturated carbocycles. The fourth-order valence-electron chi connectivity index (χ4n) is 4.95. The lowest BCUT2D eigenvalue weighted by atomic mass is 10.0. The first kappa shape index (κ1) is 21.2. The number of hydrogen-bond donors (Lipinski definition) is 1. The number of aromatic nitrogens is 5. The molecule has 6 heterocycles. The molecule has 1 aliphatic rings. The standard InChI is InChI=1S/C31H22N6/c1-3-13-34-26(5-1)28-17-22(18-29(36-28)27-6-2-4-14-35-27)21-7-9-23(10-8-21)37-30-11-15-32-19-24(30)25-20-33-16-12-31(25)37/h1-19,33H,20H2. The molecule has 1 aromatic carbocycles. The van der Waals surface area contributed by atoms with Crippen LogP contribution < -0.4 is 5.32 Å². The highest BCUT2D eigenvalue weighted by molar-refractivity contribution is 5.90. The van der Waals surface area contributed by atoms with Crippen LogP contribution in [0.1, 0.15) is 11.3 Å². The molecule has 37 heavy (non-hydrogen) atoms. The summed E-state index contributed by atoms with van der Waals surface area (Å²) in [6.07, 6.45) is 11.5. The molecule has 6 heteroatoms. The molecule has 0 spiro atoms. The van der Waals surface area contributed by atoms with Crippen molar-refractivity contribution < 1.29 is 0 Å². The van der Waals surface area contributed by atoms with Crippen molar-refractivity contribution in [3.05, 3.63) is 121 Å². The van der Waals surface area contributed by atoms with Crippen molar-refractivity contribution in [3.63, 3.8) is 0 Å². The Morgan fingerprint density at radius 2 is 1.43 bits per heavy atom. The molecule has 7 rings (SSSR count). The van der Waals surface area contributed by atoms with Crippen LogP contribution in [-0.2, 0) is 6.54 Å². The van der Waals surface area contributed by atoms with Crippen LogP contribution in [0.2, 0.25) is 0 Å². The lowest BCUT2D eigenvalue weighted by Crippen LogP contribution is -2.10. The summed E-state index contributed by atoms with van der Waals surface area (Å²) < 4.78 is 2.30. The van der Waals surface area contributed by atoms with Crippen molar-refractivity contribution in [2.75, 3.05) is 0 Å². The van der Waals surface area contributed by atoms with Gasteiger partial charge in [-0.15, -0.1) is 0 Å². The molecule has 1 N–H and O–H groups in total. The predicted molar refractivity (Wildman–Crippen MR) is 147 cm³/mol. The smallest absolute Gasteiger partial charge is 0.0900 e. The van der Waals surface area contributed by atoms with E-state index in [0.29, 0.717) is 0 Å². The van der Waals surface area contributed by atoms with Gasteiger partial charge in [-0.05, 0) is 78.0 Å². The fraction of sp³-hybridized carbons (Fsp3) is 0.0323. The molecule has 0 unspecified atom stereocenters. The molecule has 0 fully saturated rings. The Morgan fingerprint density at radius 3 is 2.11 bits per heavy atom. The van der Waals surface area contributed by atoms with Gasteiger partial charge < -0.3 is 9.88 Å². The highest BCUT2D eigenvalue weighted by Crippen LogP contribution is 2.33. The number of pyridine rings is 4. The van der Waals surface area contributed by atoms with Crippen LogP contribution in [0, 0.1) is 0 Å². The van der Waals surface area contributed by atoms with Gasteiger partial charge in [-0.25, -0.2) is 4.98 Å². The summed E-state index contributed by atoms with van der Waals surface area (Å²) in [5, 5.41) is 4.50. The number of fused-ring (bicyclic) bond motifs is 3. The minimum atomic E-state index is 0.794. The fourth-order valence-corrected chi connectivity index (χ4v) is 4.95. The highest BCUT2D eigenvalue weighted by Gasteiger charge is 2.18. The van der Waals surface area contributed by atoms with Crippen molar-refractivity contribution in [1.29, 1.82) is 0 Å². The Kier molecular flexibility index (Phi) is 5.07. The second-order valence-electron chi connectivity index (χ2n) is 8.91. The van der Waals surface area contributed by atoms with Gasteiger partial charge in [-0.3, -0.25) is 15.0 Å². The third-order valence-corrected chi connectivity index (χ3v) is 6.69. The Bertz CT molecular complexity index is 1700. The van der Waals surface area contributed by atoms with E-state index in [-0.39, 0.29) is 0 Å². The lowest BCUT2D eigenvalue weighted by molar-refractivity contribution is 0.855. The maximum absolute atomic E-state index is 4.89. The number of rotatable bonds is 4. The highest BCUT2D eigenvalue weighted by atomic mass is 15.0. The van der Waals surface area contributed by atoms with E-state index in [1.165, 1.54) is 16.6 Å². The first-order valence-corrected chi connectivity index (χ1v) is 12.2. The van der Waals surface area contributed by atoms with Crippen LogP contribution >= 0.6 is 0 Å². The Morgan fingerprint density at radius 1 is 0.703 bits per heavy atom. The van der Waals surface area contributed by atoms with E-state index in [1.54, 1.807) is 12.4 Å². The summed E-state index contributed by atoms with van der Waals surface area (Å²) in [4.78, 5) is 18.3. The first-order valence-electron chi connectivity index (χ1n) is 12.2. The summed E-state index contributed by atoms with van der Waals surface area (Å²) in [5.74, 6) is 0. The SMILES string of the molecule is C1=Cc2c(c3cnccc3n2-c2ccc(-c3cc(-c4ccccn4)nc(-c4ccccn4)c3)cc2)CN1. The molecule has 176 valence electrons. The van der Waals surface area contributed by atoms with E-state index in [9.17, 15) is 0 Å². The second kappa shape index (κ2) is 8.84. The molecule has 0 saturated heterocycles. The maximum Gasteiger partial charge on any atom is 0.0900 e. The average Bonchev–Trinajstić information content (AvgIpc) is 3.32. The molecular weight excluding hydrogens is 456 g/mol. The Balaban J connectivity index is 1.35. The summed E-state index contributed by atoms with van der Waals surface area (Å²) in [6, 6.07) is 26.7. The van der Waals surface area contributed by atoms with E-state index in [1.807, 2.05) is 55.0 Å². The third kappa shape index (κ3) is 3.76. The molecule has 0 aliphatic carbocycles. The minimum Gasteiger partial charge on any atom is -0.387 e. The average molecular weight is 479 g/mol. The Labute approximate surface area is 214 Å². The van der Waals surface area contributed by atoms with Crippen molar-refractivity contribution in [2.45, 2.75) is 6.54 Å². The van der Waals surface area contributed by atoms with Gasteiger partial charge in [0.1, 0.15) is 0 Å². The van der Waals surface area contributed by atoms with Crippen molar-refractivity contribution in [3.8, 4) is 39.6 Å². The molecule has 0 amide bonds. The van der Waals surface area contributed by atoms with Gasteiger partial charge in [0.25, 0.3) is 0 Å². The van der Waals surface area contributed by atoms with Gasteiger partial charge in [-0.1, -0.05) is 24.3 Å². The molecule has 5 aromatic heterocycles. The van der Waals surface area contributed by atoms with E-state index < -0.39 is 0 Å². The molecule has 1 aliphatic heterocycles. The van der Waals surface area contributed by atoms with Crippen LogP contribution in [0.5, 0.6) is 0 Å². The Hall–Kier alpha value is -5.10. The van der Waals surface area contributed by atoms with Gasteiger partial charge in [0.05, 0.1) is 34.0 Å². The van der Waals surface area contributed by atoms with Crippen molar-refractivity contribution >= 4 is 17.0 Å². The van der Waals surface area contributed by atoms with Crippen LogP contribution in [0.4, 0.5) is 0 Å². The quantitative estimate of drug-likeness (QED) is 0.323. The minimum absolute atomic E-state index is 0.794. The number of benzene rings is 1. The summed E-state index contributed by atoms with van der Waals surface area (Å²) in [7, 11) is 0. The van der Waals surface area contributed by atoms with Crippen LogP contribution in [0.25, 0.3) is 56.6 Å². The van der Waals surface area contributed by atoms with E-state index in [4.69, 9.17) is 4.98 Å². The van der Waals surface area contributed by atoms with Gasteiger partial charge in [0, 0.05) is 48.0 Å². The predicted octanol–water partition coefficient (Wildman–Crippen LogP) is 6.29. The van der Waals surface area contributed by atoms with Crippen LogP contribution in [0.15, 0.2) is 110 Å². The third-order valence-electron chi connectivity index (χ3n) is 6.69. The number of hydrogen-bond acceptors (Lipinski definition) is 5. The molecular formula is C31H22N6. The zero-order valence-corrected chi connectivity index (χ0v) is 19.9. The van der Waals surface area contributed by atoms with E-state index >= 15 is 0 Å². The van der Waals surface area contributed by atoms with Gasteiger partial charge in [-0.2, -0.15) is 0 Å². The topological polar surface area (TPSA) is 68.5 Å². The lowest BCUT2D eigenvalue weighted by Gasteiger charge is -2.14. The molecule has 6 aromatic rings. The van der Waals surface area contributed by atoms with Gasteiger partial charge in [0.15, 0.2) is 0 Å². The monoisotopic (exact) mass is 478 g/mol. The maximum atomic E-state index is 4.89. The first-order chi connectivity index (χ1) is 18.3. The largest absolute Gasteiger partial charge is 0.387 e. The zero-order chi connectivity index (χ0) is 24.6. The molecule has 0 atom stereocenters. The van der Waals surface area contributed by atoms with Crippen LogP contribution in [-0.4, -0.2) is 24.5 Å². The summed E-state index contributed by atoms with van der Waals surface area (Å²) >= 11 is 0. The summed E-state index contributed by atoms with van der Waals surface area (Å²) in [6.45, 7) is 0.794. The van der Waals surface area contributed by atoms with E-state index in [2.05, 4.69) is 73.4 Å². The normalized spacial score (nSPS) is 12.3.